The number of carbonyl (C=O) groups is 1. The van der Waals surface area contributed by atoms with Crippen LogP contribution in [-0.4, -0.2) is 32.2 Å². The standard InChI is InChI=1S/C15H21FN2O2/c16-13-5-1-6-14(10-13)17-7-3-8-18-15(19)12-4-2-9-20-11-12/h1,5-6,10,12,17H,2-4,7-9,11H2,(H,18,19). The van der Waals surface area contributed by atoms with Crippen molar-refractivity contribution in [3.8, 4) is 0 Å². The lowest BCUT2D eigenvalue weighted by molar-refractivity contribution is -0.128. The molecule has 0 spiro atoms. The predicted molar refractivity (Wildman–Crippen MR) is 76.1 cm³/mol. The number of nitrogens with one attached hydrogen (secondary N) is 2. The smallest absolute Gasteiger partial charge is 0.225 e. The second-order valence-corrected chi connectivity index (χ2v) is 5.00. The SMILES string of the molecule is O=C(NCCCNc1cccc(F)c1)C1CCCOC1. The van der Waals surface area contributed by atoms with Crippen LogP contribution in [0.25, 0.3) is 0 Å². The van der Waals surface area contributed by atoms with Gasteiger partial charge in [0, 0.05) is 25.4 Å². The molecule has 0 aromatic heterocycles. The minimum absolute atomic E-state index is 0.0000663. The van der Waals surface area contributed by atoms with Crippen molar-refractivity contribution < 1.29 is 13.9 Å². The first-order valence-corrected chi connectivity index (χ1v) is 7.10. The zero-order valence-electron chi connectivity index (χ0n) is 11.5. The average Bonchev–Trinajstić information content (AvgIpc) is 2.48. The molecule has 0 saturated carbocycles. The highest BCUT2D eigenvalue weighted by Crippen LogP contribution is 2.13. The van der Waals surface area contributed by atoms with E-state index in [2.05, 4.69) is 10.6 Å². The van der Waals surface area contributed by atoms with Gasteiger partial charge < -0.3 is 15.4 Å². The minimum atomic E-state index is -0.249. The second kappa shape index (κ2) is 7.85. The number of halogens is 1. The fourth-order valence-corrected chi connectivity index (χ4v) is 2.22. The van der Waals surface area contributed by atoms with Crippen LogP contribution in [0.2, 0.25) is 0 Å². The summed E-state index contributed by atoms with van der Waals surface area (Å²) in [6, 6.07) is 6.36. The summed E-state index contributed by atoms with van der Waals surface area (Å²) < 4.78 is 18.2. The molecule has 0 aliphatic carbocycles. The maximum atomic E-state index is 12.9. The Hall–Kier alpha value is -1.62. The summed E-state index contributed by atoms with van der Waals surface area (Å²) in [6.07, 6.45) is 2.67. The van der Waals surface area contributed by atoms with Gasteiger partial charge in [-0.15, -0.1) is 0 Å². The molecule has 1 saturated heterocycles. The van der Waals surface area contributed by atoms with Gasteiger partial charge in [-0.3, -0.25) is 4.79 Å². The Morgan fingerprint density at radius 3 is 3.05 bits per heavy atom. The van der Waals surface area contributed by atoms with Crippen LogP contribution >= 0.6 is 0 Å². The molecule has 1 aliphatic rings. The summed E-state index contributed by atoms with van der Waals surface area (Å²) in [5.41, 5.74) is 0.761. The van der Waals surface area contributed by atoms with Gasteiger partial charge in [-0.1, -0.05) is 6.07 Å². The van der Waals surface area contributed by atoms with E-state index >= 15 is 0 Å². The van der Waals surface area contributed by atoms with Gasteiger partial charge in [-0.25, -0.2) is 4.39 Å². The van der Waals surface area contributed by atoms with Gasteiger partial charge >= 0.3 is 0 Å². The molecule has 1 heterocycles. The first kappa shape index (κ1) is 14.8. The predicted octanol–water partition coefficient (Wildman–Crippen LogP) is 2.17. The third kappa shape index (κ3) is 4.81. The molecule has 1 aliphatic heterocycles. The van der Waals surface area contributed by atoms with E-state index in [0.717, 1.165) is 31.6 Å². The van der Waals surface area contributed by atoms with E-state index in [-0.39, 0.29) is 17.6 Å². The highest BCUT2D eigenvalue weighted by molar-refractivity contribution is 5.78. The van der Waals surface area contributed by atoms with Gasteiger partial charge in [-0.05, 0) is 37.5 Å². The Morgan fingerprint density at radius 1 is 1.40 bits per heavy atom. The maximum Gasteiger partial charge on any atom is 0.225 e. The van der Waals surface area contributed by atoms with Gasteiger partial charge in [0.2, 0.25) is 5.91 Å². The molecule has 0 radical (unpaired) electrons. The third-order valence-electron chi connectivity index (χ3n) is 3.34. The zero-order chi connectivity index (χ0) is 14.2. The molecule has 2 N–H and O–H groups in total. The molecular weight excluding hydrogens is 259 g/mol. The molecule has 4 nitrogen and oxygen atoms in total. The summed E-state index contributed by atoms with van der Waals surface area (Å²) in [6.45, 7) is 2.62. The number of hydrogen-bond donors (Lipinski definition) is 2. The third-order valence-corrected chi connectivity index (χ3v) is 3.34. The molecule has 1 unspecified atom stereocenters. The molecule has 2 rings (SSSR count). The van der Waals surface area contributed by atoms with Crippen molar-refractivity contribution in [1.82, 2.24) is 5.32 Å². The Labute approximate surface area is 118 Å². The van der Waals surface area contributed by atoms with Crippen molar-refractivity contribution in [3.05, 3.63) is 30.1 Å². The molecule has 1 fully saturated rings. The van der Waals surface area contributed by atoms with Crippen LogP contribution in [0, 0.1) is 11.7 Å². The first-order valence-electron chi connectivity index (χ1n) is 7.10. The number of carbonyl (C=O) groups excluding carboxylic acids is 1. The van der Waals surface area contributed by atoms with Crippen molar-refractivity contribution >= 4 is 11.6 Å². The van der Waals surface area contributed by atoms with Gasteiger partial charge in [0.1, 0.15) is 5.82 Å². The number of benzene rings is 1. The lowest BCUT2D eigenvalue weighted by Gasteiger charge is -2.21. The summed E-state index contributed by atoms with van der Waals surface area (Å²) >= 11 is 0. The van der Waals surface area contributed by atoms with Crippen LogP contribution in [-0.2, 0) is 9.53 Å². The number of ether oxygens (including phenoxy) is 1. The molecule has 20 heavy (non-hydrogen) atoms. The number of amides is 1. The van der Waals surface area contributed by atoms with E-state index in [1.165, 1.54) is 12.1 Å². The molecule has 1 atom stereocenters. The van der Waals surface area contributed by atoms with Crippen LogP contribution in [0.1, 0.15) is 19.3 Å². The van der Waals surface area contributed by atoms with E-state index in [0.29, 0.717) is 19.7 Å². The van der Waals surface area contributed by atoms with Crippen molar-refractivity contribution in [2.24, 2.45) is 5.92 Å². The van der Waals surface area contributed by atoms with Gasteiger partial charge in [0.15, 0.2) is 0 Å². The molecule has 5 heteroatoms. The molecule has 110 valence electrons. The fourth-order valence-electron chi connectivity index (χ4n) is 2.22. The summed E-state index contributed by atoms with van der Waals surface area (Å²) in [7, 11) is 0. The second-order valence-electron chi connectivity index (χ2n) is 5.00. The van der Waals surface area contributed by atoms with Crippen LogP contribution in [0.4, 0.5) is 10.1 Å². The molecule has 0 bridgehead atoms. The van der Waals surface area contributed by atoms with Gasteiger partial charge in [-0.2, -0.15) is 0 Å². The quantitative estimate of drug-likeness (QED) is 0.785. The fraction of sp³-hybridized carbons (Fsp3) is 0.533. The molecule has 1 amide bonds. The topological polar surface area (TPSA) is 50.4 Å². The van der Waals surface area contributed by atoms with Crippen molar-refractivity contribution in [1.29, 1.82) is 0 Å². The number of rotatable bonds is 6. The van der Waals surface area contributed by atoms with Crippen molar-refractivity contribution in [2.45, 2.75) is 19.3 Å². The largest absolute Gasteiger partial charge is 0.385 e. The summed E-state index contributed by atoms with van der Waals surface area (Å²) in [5.74, 6) is -0.170. The van der Waals surface area contributed by atoms with Crippen LogP contribution < -0.4 is 10.6 Å². The van der Waals surface area contributed by atoms with E-state index < -0.39 is 0 Å². The van der Waals surface area contributed by atoms with E-state index in [9.17, 15) is 9.18 Å². The average molecular weight is 280 g/mol. The normalized spacial score (nSPS) is 18.6. The maximum absolute atomic E-state index is 12.9. The van der Waals surface area contributed by atoms with Crippen molar-refractivity contribution in [2.75, 3.05) is 31.6 Å². The number of hydrogen-bond acceptors (Lipinski definition) is 3. The molecule has 1 aromatic rings. The zero-order valence-corrected chi connectivity index (χ0v) is 11.5. The van der Waals surface area contributed by atoms with E-state index in [1.54, 1.807) is 6.07 Å². The Kier molecular flexibility index (Phi) is 5.80. The van der Waals surface area contributed by atoms with Gasteiger partial charge in [0.05, 0.1) is 12.5 Å². The molecule has 1 aromatic carbocycles. The Balaban J connectivity index is 1.58. The summed E-state index contributed by atoms with van der Waals surface area (Å²) in [5, 5.41) is 6.04. The highest BCUT2D eigenvalue weighted by Gasteiger charge is 2.20. The Morgan fingerprint density at radius 2 is 2.30 bits per heavy atom. The number of anilines is 1. The van der Waals surface area contributed by atoms with Crippen LogP contribution in [0.15, 0.2) is 24.3 Å². The minimum Gasteiger partial charge on any atom is -0.385 e. The highest BCUT2D eigenvalue weighted by atomic mass is 19.1. The van der Waals surface area contributed by atoms with Crippen molar-refractivity contribution in [3.63, 3.8) is 0 Å². The Bertz CT molecular complexity index is 434. The van der Waals surface area contributed by atoms with Gasteiger partial charge in [0.25, 0.3) is 0 Å². The van der Waals surface area contributed by atoms with Crippen LogP contribution in [0.5, 0.6) is 0 Å². The van der Waals surface area contributed by atoms with E-state index in [1.807, 2.05) is 6.07 Å². The summed E-state index contributed by atoms with van der Waals surface area (Å²) in [4.78, 5) is 11.8. The van der Waals surface area contributed by atoms with Crippen LogP contribution in [0.3, 0.4) is 0 Å². The lowest BCUT2D eigenvalue weighted by atomic mass is 10.0. The monoisotopic (exact) mass is 280 g/mol. The van der Waals surface area contributed by atoms with E-state index in [4.69, 9.17) is 4.74 Å². The lowest BCUT2D eigenvalue weighted by Crippen LogP contribution is -2.36. The molecular formula is C15H21FN2O2. The first-order chi connectivity index (χ1) is 9.75.